The van der Waals surface area contributed by atoms with Crippen LogP contribution in [0.5, 0.6) is 0 Å². The Morgan fingerprint density at radius 3 is 2.48 bits per heavy atom. The number of hydrogen-bond acceptors (Lipinski definition) is 3. The number of esters is 1. The summed E-state index contributed by atoms with van der Waals surface area (Å²) in [7, 11) is 0. The molecular weight excluding hydrogens is 312 g/mol. The first-order valence-corrected chi connectivity index (χ1v) is 9.67. The molecule has 0 saturated carbocycles. The highest BCUT2D eigenvalue weighted by molar-refractivity contribution is 5.69. The Bertz CT molecular complexity index is 419. The summed E-state index contributed by atoms with van der Waals surface area (Å²) < 4.78 is 4.87. The van der Waals surface area contributed by atoms with Crippen LogP contribution in [0.25, 0.3) is 0 Å². The van der Waals surface area contributed by atoms with Crippen molar-refractivity contribution in [1.29, 1.82) is 0 Å². The van der Waals surface area contributed by atoms with Crippen LogP contribution in [0.2, 0.25) is 0 Å². The highest BCUT2D eigenvalue weighted by Gasteiger charge is 1.99. The van der Waals surface area contributed by atoms with Crippen LogP contribution in [0.4, 0.5) is 0 Å². The molecule has 0 fully saturated rings. The van der Waals surface area contributed by atoms with E-state index < -0.39 is 6.10 Å². The molecule has 0 radical (unpaired) electrons. The van der Waals surface area contributed by atoms with E-state index in [0.717, 1.165) is 19.3 Å². The molecule has 1 atom stereocenters. The van der Waals surface area contributed by atoms with Crippen molar-refractivity contribution in [2.45, 2.75) is 77.7 Å². The van der Waals surface area contributed by atoms with Crippen molar-refractivity contribution in [3.05, 3.63) is 48.6 Å². The van der Waals surface area contributed by atoms with Crippen molar-refractivity contribution in [2.75, 3.05) is 6.61 Å². The van der Waals surface area contributed by atoms with Gasteiger partial charge in [-0.05, 0) is 45.4 Å². The van der Waals surface area contributed by atoms with Gasteiger partial charge in [0, 0.05) is 6.42 Å². The molecule has 0 aliphatic carbocycles. The lowest BCUT2D eigenvalue weighted by molar-refractivity contribution is -0.143. The standard InChI is InChI=1S/C22H36O3/c1-3-5-6-7-8-9-10-11-12-15-18-21(23)19-16-13-14-17-20-22(24)25-4-2/h8-9,11-13,15-16,18,21,23H,3-7,10,14,17,19-20H2,1-2H3/b9-8-,12-11-,16-13-,18-15+/t21-/m0/s1. The quantitative estimate of drug-likeness (QED) is 0.180. The van der Waals surface area contributed by atoms with Crippen LogP contribution in [-0.2, 0) is 9.53 Å². The molecule has 0 unspecified atom stereocenters. The van der Waals surface area contributed by atoms with E-state index in [2.05, 4.69) is 25.2 Å². The van der Waals surface area contributed by atoms with E-state index in [1.807, 2.05) is 31.2 Å². The highest BCUT2D eigenvalue weighted by atomic mass is 16.5. The number of unbranched alkanes of at least 4 members (excludes halogenated alkanes) is 4. The number of rotatable bonds is 15. The lowest BCUT2D eigenvalue weighted by Crippen LogP contribution is -2.02. The van der Waals surface area contributed by atoms with Gasteiger partial charge in [-0.15, -0.1) is 0 Å². The van der Waals surface area contributed by atoms with Gasteiger partial charge in [0.05, 0.1) is 12.7 Å². The average Bonchev–Trinajstić information content (AvgIpc) is 2.60. The summed E-state index contributed by atoms with van der Waals surface area (Å²) in [5, 5.41) is 9.83. The Morgan fingerprint density at radius 1 is 0.960 bits per heavy atom. The number of carbonyl (C=O) groups excluding carboxylic acids is 1. The van der Waals surface area contributed by atoms with Crippen LogP contribution in [0.3, 0.4) is 0 Å². The van der Waals surface area contributed by atoms with E-state index in [9.17, 15) is 9.90 Å². The van der Waals surface area contributed by atoms with Gasteiger partial charge < -0.3 is 9.84 Å². The fraction of sp³-hybridized carbons (Fsp3) is 0.591. The number of allylic oxidation sites excluding steroid dienone is 6. The molecule has 0 aliphatic rings. The molecular formula is C22H36O3. The largest absolute Gasteiger partial charge is 0.466 e. The molecule has 0 spiro atoms. The maximum atomic E-state index is 11.1. The maximum Gasteiger partial charge on any atom is 0.305 e. The number of aliphatic hydroxyl groups excluding tert-OH is 1. The van der Waals surface area contributed by atoms with Crippen molar-refractivity contribution in [3.8, 4) is 0 Å². The van der Waals surface area contributed by atoms with Crippen LogP contribution >= 0.6 is 0 Å². The molecule has 0 bridgehead atoms. The third-order valence-electron chi connectivity index (χ3n) is 3.59. The van der Waals surface area contributed by atoms with Gasteiger partial charge >= 0.3 is 5.97 Å². The van der Waals surface area contributed by atoms with Gasteiger partial charge in [-0.25, -0.2) is 0 Å². The van der Waals surface area contributed by atoms with Crippen molar-refractivity contribution in [1.82, 2.24) is 0 Å². The van der Waals surface area contributed by atoms with E-state index in [0.29, 0.717) is 19.4 Å². The zero-order valence-corrected chi connectivity index (χ0v) is 16.0. The minimum Gasteiger partial charge on any atom is -0.466 e. The van der Waals surface area contributed by atoms with Crippen molar-refractivity contribution in [3.63, 3.8) is 0 Å². The fourth-order valence-corrected chi connectivity index (χ4v) is 2.18. The van der Waals surface area contributed by atoms with Crippen LogP contribution in [-0.4, -0.2) is 23.8 Å². The predicted octanol–water partition coefficient (Wildman–Crippen LogP) is 5.67. The summed E-state index contributed by atoms with van der Waals surface area (Å²) in [5.41, 5.74) is 0. The SMILES string of the molecule is CCCCC/C=C\C/C=C\C=C\[C@H](O)C/C=C\CCCC(=O)OCC. The zero-order valence-electron chi connectivity index (χ0n) is 16.0. The minimum absolute atomic E-state index is 0.138. The lowest BCUT2D eigenvalue weighted by Gasteiger charge is -2.00. The van der Waals surface area contributed by atoms with Gasteiger partial charge in [0.1, 0.15) is 0 Å². The minimum atomic E-state index is -0.462. The Hall–Kier alpha value is -1.61. The van der Waals surface area contributed by atoms with Crippen LogP contribution < -0.4 is 0 Å². The van der Waals surface area contributed by atoms with Gasteiger partial charge in [0.2, 0.25) is 0 Å². The normalized spacial score (nSPS) is 13.6. The first kappa shape index (κ1) is 23.4. The van der Waals surface area contributed by atoms with E-state index in [4.69, 9.17) is 4.74 Å². The number of hydrogen-bond donors (Lipinski definition) is 1. The average molecular weight is 349 g/mol. The van der Waals surface area contributed by atoms with Gasteiger partial charge in [-0.1, -0.05) is 68.4 Å². The monoisotopic (exact) mass is 348 g/mol. The van der Waals surface area contributed by atoms with Crippen molar-refractivity contribution >= 4 is 5.97 Å². The summed E-state index contributed by atoms with van der Waals surface area (Å²) in [6.45, 7) is 4.47. The van der Waals surface area contributed by atoms with Gasteiger partial charge in [0.15, 0.2) is 0 Å². The third-order valence-corrected chi connectivity index (χ3v) is 3.59. The number of ether oxygens (including phenoxy) is 1. The highest BCUT2D eigenvalue weighted by Crippen LogP contribution is 2.03. The molecule has 0 aromatic heterocycles. The van der Waals surface area contributed by atoms with E-state index >= 15 is 0 Å². The summed E-state index contributed by atoms with van der Waals surface area (Å²) in [4.78, 5) is 11.1. The summed E-state index contributed by atoms with van der Waals surface area (Å²) in [5.74, 6) is -0.138. The molecule has 0 aromatic carbocycles. The molecule has 3 heteroatoms. The van der Waals surface area contributed by atoms with Gasteiger partial charge in [-0.3, -0.25) is 4.79 Å². The third kappa shape index (κ3) is 18.6. The molecule has 0 rings (SSSR count). The summed E-state index contributed by atoms with van der Waals surface area (Å²) in [6, 6.07) is 0. The first-order chi connectivity index (χ1) is 12.2. The van der Waals surface area contributed by atoms with E-state index in [1.165, 1.54) is 25.7 Å². The Morgan fingerprint density at radius 2 is 1.72 bits per heavy atom. The maximum absolute atomic E-state index is 11.1. The number of carbonyl (C=O) groups is 1. The van der Waals surface area contributed by atoms with Crippen LogP contribution in [0.15, 0.2) is 48.6 Å². The molecule has 3 nitrogen and oxygen atoms in total. The van der Waals surface area contributed by atoms with Crippen molar-refractivity contribution < 1.29 is 14.6 Å². The van der Waals surface area contributed by atoms with E-state index in [-0.39, 0.29) is 5.97 Å². The smallest absolute Gasteiger partial charge is 0.305 e. The molecule has 0 amide bonds. The summed E-state index contributed by atoms with van der Waals surface area (Å²) >= 11 is 0. The van der Waals surface area contributed by atoms with E-state index in [1.54, 1.807) is 6.08 Å². The van der Waals surface area contributed by atoms with Gasteiger partial charge in [0.25, 0.3) is 0 Å². The lowest BCUT2D eigenvalue weighted by atomic mass is 10.2. The second kappa shape index (κ2) is 18.7. The molecule has 142 valence electrons. The fourth-order valence-electron chi connectivity index (χ4n) is 2.18. The van der Waals surface area contributed by atoms with Crippen LogP contribution in [0, 0.1) is 0 Å². The Balaban J connectivity index is 3.65. The second-order valence-corrected chi connectivity index (χ2v) is 5.99. The second-order valence-electron chi connectivity index (χ2n) is 5.99. The molecule has 0 saturated heterocycles. The van der Waals surface area contributed by atoms with Crippen molar-refractivity contribution in [2.24, 2.45) is 0 Å². The summed E-state index contributed by atoms with van der Waals surface area (Å²) in [6.07, 6.45) is 24.3. The Kier molecular flexibility index (Phi) is 17.5. The first-order valence-electron chi connectivity index (χ1n) is 9.67. The Labute approximate surface area is 154 Å². The zero-order chi connectivity index (χ0) is 18.6. The predicted molar refractivity (Wildman–Crippen MR) is 106 cm³/mol. The molecule has 1 N–H and O–H groups in total. The van der Waals surface area contributed by atoms with Crippen LogP contribution in [0.1, 0.15) is 71.6 Å². The molecule has 25 heavy (non-hydrogen) atoms. The van der Waals surface area contributed by atoms with Gasteiger partial charge in [-0.2, -0.15) is 0 Å². The molecule has 0 aromatic rings. The number of aliphatic hydroxyl groups is 1. The molecule has 0 heterocycles. The molecule has 0 aliphatic heterocycles. The topological polar surface area (TPSA) is 46.5 Å².